The van der Waals surface area contributed by atoms with Gasteiger partial charge < -0.3 is 5.11 Å². The van der Waals surface area contributed by atoms with Gasteiger partial charge in [0.05, 0.1) is 0 Å². The normalized spacial score (nSPS) is 14.4. The quantitative estimate of drug-likeness (QED) is 0.855. The van der Waals surface area contributed by atoms with Crippen LogP contribution in [-0.4, -0.2) is 28.6 Å². The van der Waals surface area contributed by atoms with Crippen LogP contribution in [0.1, 0.15) is 43.6 Å². The molecule has 0 aliphatic carbocycles. The van der Waals surface area contributed by atoms with Crippen LogP contribution >= 0.6 is 11.3 Å². The highest BCUT2D eigenvalue weighted by Gasteiger charge is 2.34. The van der Waals surface area contributed by atoms with E-state index < -0.39 is 6.10 Å². The minimum atomic E-state index is -0.411. The highest BCUT2D eigenvalue weighted by atomic mass is 32.1. The van der Waals surface area contributed by atoms with Crippen molar-refractivity contribution in [1.29, 1.82) is 0 Å². The van der Waals surface area contributed by atoms with Crippen molar-refractivity contribution in [2.75, 3.05) is 13.1 Å². The Balaban J connectivity index is 2.90. The first-order chi connectivity index (χ1) is 7.43. The Morgan fingerprint density at radius 3 is 2.25 bits per heavy atom. The number of rotatable bonds is 5. The minimum absolute atomic E-state index is 0.208. The summed E-state index contributed by atoms with van der Waals surface area (Å²) < 4.78 is 0. The van der Waals surface area contributed by atoms with Gasteiger partial charge in [0, 0.05) is 15.3 Å². The van der Waals surface area contributed by atoms with Crippen molar-refractivity contribution in [2.24, 2.45) is 0 Å². The van der Waals surface area contributed by atoms with Crippen molar-refractivity contribution >= 4 is 11.3 Å². The molecule has 1 heterocycles. The van der Waals surface area contributed by atoms with Gasteiger partial charge in [-0.15, -0.1) is 11.3 Å². The van der Waals surface area contributed by atoms with Gasteiger partial charge in [0.15, 0.2) is 0 Å². The third-order valence-corrected chi connectivity index (χ3v) is 4.33. The van der Waals surface area contributed by atoms with E-state index in [0.29, 0.717) is 0 Å². The second-order valence-corrected chi connectivity index (χ2v) is 6.00. The van der Waals surface area contributed by atoms with Gasteiger partial charge >= 0.3 is 0 Å². The summed E-state index contributed by atoms with van der Waals surface area (Å²) in [7, 11) is 0. The Morgan fingerprint density at radius 1 is 1.31 bits per heavy atom. The molecule has 1 aromatic rings. The van der Waals surface area contributed by atoms with Gasteiger partial charge in [-0.1, -0.05) is 13.8 Å². The molecule has 1 atom stereocenters. The van der Waals surface area contributed by atoms with Crippen LogP contribution in [0.3, 0.4) is 0 Å². The van der Waals surface area contributed by atoms with Crippen molar-refractivity contribution in [2.45, 2.75) is 46.3 Å². The number of thiophene rings is 1. The van der Waals surface area contributed by atoms with Gasteiger partial charge in [0.1, 0.15) is 6.10 Å². The van der Waals surface area contributed by atoms with Crippen molar-refractivity contribution < 1.29 is 5.11 Å². The Hall–Kier alpha value is -0.380. The van der Waals surface area contributed by atoms with Crippen molar-refractivity contribution in [3.05, 3.63) is 21.9 Å². The molecule has 1 N–H and O–H groups in total. The van der Waals surface area contributed by atoms with Gasteiger partial charge in [-0.05, 0) is 46.0 Å². The second kappa shape index (κ2) is 5.30. The minimum Gasteiger partial charge on any atom is -0.386 e. The molecule has 92 valence electrons. The van der Waals surface area contributed by atoms with Gasteiger partial charge in [-0.3, -0.25) is 4.90 Å². The summed E-state index contributed by atoms with van der Waals surface area (Å²) in [5.41, 5.74) is -0.208. The average molecular weight is 241 g/mol. The third kappa shape index (κ3) is 2.65. The highest BCUT2D eigenvalue weighted by molar-refractivity contribution is 7.12. The second-order valence-electron chi connectivity index (χ2n) is 4.68. The van der Waals surface area contributed by atoms with E-state index in [0.717, 1.165) is 18.0 Å². The summed E-state index contributed by atoms with van der Waals surface area (Å²) in [4.78, 5) is 4.62. The summed E-state index contributed by atoms with van der Waals surface area (Å²) in [6.07, 6.45) is -0.411. The number of hydrogen-bond acceptors (Lipinski definition) is 3. The SMILES string of the molecule is CCN(CC)C(C)(C)C(O)c1ccc(C)s1. The predicted octanol–water partition coefficient (Wildman–Crippen LogP) is 3.21. The number of nitrogens with zero attached hydrogens (tertiary/aromatic N) is 1. The van der Waals surface area contributed by atoms with E-state index in [-0.39, 0.29) is 5.54 Å². The highest BCUT2D eigenvalue weighted by Crippen LogP contribution is 2.34. The summed E-state index contributed by atoms with van der Waals surface area (Å²) in [5, 5.41) is 10.5. The lowest BCUT2D eigenvalue weighted by molar-refractivity contribution is -0.00423. The van der Waals surface area contributed by atoms with E-state index in [1.165, 1.54) is 4.88 Å². The molecule has 0 aliphatic rings. The molecule has 16 heavy (non-hydrogen) atoms. The van der Waals surface area contributed by atoms with Gasteiger partial charge in [-0.2, -0.15) is 0 Å². The van der Waals surface area contributed by atoms with E-state index in [9.17, 15) is 5.11 Å². The molecule has 3 heteroatoms. The molecular formula is C13H23NOS. The molecule has 0 aromatic carbocycles. The first kappa shape index (κ1) is 13.7. The molecule has 0 spiro atoms. The smallest absolute Gasteiger partial charge is 0.106 e. The number of hydrogen-bond donors (Lipinski definition) is 1. The van der Waals surface area contributed by atoms with Crippen LogP contribution in [0.2, 0.25) is 0 Å². The van der Waals surface area contributed by atoms with Crippen LogP contribution in [0.4, 0.5) is 0 Å². The molecule has 0 amide bonds. The largest absolute Gasteiger partial charge is 0.386 e. The van der Waals surface area contributed by atoms with E-state index in [1.807, 2.05) is 6.07 Å². The fraction of sp³-hybridized carbons (Fsp3) is 0.692. The van der Waals surface area contributed by atoms with Gasteiger partial charge in [-0.25, -0.2) is 0 Å². The number of aliphatic hydroxyl groups excluding tert-OH is 1. The van der Waals surface area contributed by atoms with E-state index in [4.69, 9.17) is 0 Å². The third-order valence-electron chi connectivity index (χ3n) is 3.28. The lowest BCUT2D eigenvalue weighted by Gasteiger charge is -2.40. The molecule has 0 saturated heterocycles. The number of likely N-dealkylation sites (N-methyl/N-ethyl adjacent to an activating group) is 1. The maximum Gasteiger partial charge on any atom is 0.106 e. The summed E-state index contributed by atoms with van der Waals surface area (Å²) >= 11 is 1.68. The lowest BCUT2D eigenvalue weighted by Crippen LogP contribution is -2.48. The molecule has 0 bridgehead atoms. The zero-order chi connectivity index (χ0) is 12.3. The Morgan fingerprint density at radius 2 is 1.88 bits per heavy atom. The van der Waals surface area contributed by atoms with E-state index >= 15 is 0 Å². The van der Waals surface area contributed by atoms with Crippen LogP contribution in [-0.2, 0) is 0 Å². The number of aryl methyl sites for hydroxylation is 1. The Kier molecular flexibility index (Phi) is 4.53. The molecule has 0 aliphatic heterocycles. The maximum absolute atomic E-state index is 10.5. The standard InChI is InChI=1S/C13H23NOS/c1-6-14(7-2)13(4,5)12(15)11-9-8-10(3)16-11/h8-9,12,15H,6-7H2,1-5H3. The molecule has 1 aromatic heterocycles. The first-order valence-corrected chi connectivity index (χ1v) is 6.74. The molecular weight excluding hydrogens is 218 g/mol. The first-order valence-electron chi connectivity index (χ1n) is 5.92. The number of aliphatic hydroxyl groups is 1. The van der Waals surface area contributed by atoms with Crippen LogP contribution in [0.15, 0.2) is 12.1 Å². The topological polar surface area (TPSA) is 23.5 Å². The van der Waals surface area contributed by atoms with Gasteiger partial charge in [0.25, 0.3) is 0 Å². The average Bonchev–Trinajstić information content (AvgIpc) is 2.65. The Bertz CT molecular complexity index is 328. The van der Waals surface area contributed by atoms with E-state index in [1.54, 1.807) is 11.3 Å². The van der Waals surface area contributed by atoms with Crippen LogP contribution < -0.4 is 0 Å². The Labute approximate surface area is 103 Å². The lowest BCUT2D eigenvalue weighted by atomic mass is 9.93. The van der Waals surface area contributed by atoms with Crippen LogP contribution in [0, 0.1) is 6.92 Å². The maximum atomic E-state index is 10.5. The fourth-order valence-electron chi connectivity index (χ4n) is 2.16. The van der Waals surface area contributed by atoms with Crippen molar-refractivity contribution in [3.63, 3.8) is 0 Å². The monoisotopic (exact) mass is 241 g/mol. The molecule has 0 radical (unpaired) electrons. The van der Waals surface area contributed by atoms with Crippen molar-refractivity contribution in [3.8, 4) is 0 Å². The van der Waals surface area contributed by atoms with Crippen molar-refractivity contribution in [1.82, 2.24) is 4.90 Å². The van der Waals surface area contributed by atoms with Crippen LogP contribution in [0.5, 0.6) is 0 Å². The van der Waals surface area contributed by atoms with Gasteiger partial charge in [0.2, 0.25) is 0 Å². The molecule has 1 unspecified atom stereocenters. The molecule has 2 nitrogen and oxygen atoms in total. The summed E-state index contributed by atoms with van der Waals surface area (Å²) in [6, 6.07) is 4.11. The van der Waals surface area contributed by atoms with E-state index in [2.05, 4.69) is 45.6 Å². The zero-order valence-corrected chi connectivity index (χ0v) is 11.8. The predicted molar refractivity (Wildman–Crippen MR) is 71.0 cm³/mol. The molecule has 0 fully saturated rings. The molecule has 0 saturated carbocycles. The molecule has 1 rings (SSSR count). The summed E-state index contributed by atoms with van der Waals surface area (Å²) in [6.45, 7) is 12.5. The fourth-order valence-corrected chi connectivity index (χ4v) is 3.20. The van der Waals surface area contributed by atoms with Crippen LogP contribution in [0.25, 0.3) is 0 Å². The summed E-state index contributed by atoms with van der Waals surface area (Å²) in [5.74, 6) is 0. The zero-order valence-electron chi connectivity index (χ0n) is 10.9.